The molecule has 1 aliphatic rings. The lowest BCUT2D eigenvalue weighted by atomic mass is 9.83. The van der Waals surface area contributed by atoms with Crippen LogP contribution in [0, 0.1) is 0 Å². The summed E-state index contributed by atoms with van der Waals surface area (Å²) in [6.45, 7) is 3.95. The molecule has 4 nitrogen and oxygen atoms in total. The molecular weight excluding hydrogens is 262 g/mol. The predicted molar refractivity (Wildman–Crippen MR) is 78.0 cm³/mol. The Morgan fingerprint density at radius 3 is 2.68 bits per heavy atom. The smallest absolute Gasteiger partial charge is 0.234 e. The highest BCUT2D eigenvalue weighted by molar-refractivity contribution is 6.18. The molecule has 5 heteroatoms. The first-order chi connectivity index (χ1) is 9.13. The van der Waals surface area contributed by atoms with Crippen LogP contribution in [0.3, 0.4) is 0 Å². The quantitative estimate of drug-likeness (QED) is 0.839. The second-order valence-corrected chi connectivity index (χ2v) is 5.78. The average molecular weight is 284 g/mol. The molecule has 0 saturated heterocycles. The Morgan fingerprint density at radius 2 is 2.05 bits per heavy atom. The van der Waals surface area contributed by atoms with Crippen molar-refractivity contribution in [1.82, 2.24) is 9.97 Å². The van der Waals surface area contributed by atoms with E-state index in [2.05, 4.69) is 15.3 Å². The number of ether oxygens (including phenoxy) is 1. The minimum atomic E-state index is -0.0368. The Hall–Kier alpha value is -1.03. The predicted octanol–water partition coefficient (Wildman–Crippen LogP) is 3.62. The summed E-state index contributed by atoms with van der Waals surface area (Å²) in [5.74, 6) is 1.91. The van der Waals surface area contributed by atoms with Crippen LogP contribution in [0.25, 0.3) is 0 Å². The highest BCUT2D eigenvalue weighted by Gasteiger charge is 2.31. The van der Waals surface area contributed by atoms with E-state index in [0.717, 1.165) is 18.7 Å². The highest BCUT2D eigenvalue weighted by Crippen LogP contribution is 2.32. The maximum atomic E-state index is 6.17. The van der Waals surface area contributed by atoms with Crippen LogP contribution < -0.4 is 10.1 Å². The van der Waals surface area contributed by atoms with Gasteiger partial charge in [-0.05, 0) is 26.7 Å². The monoisotopic (exact) mass is 283 g/mol. The standard InChI is InChI=1S/C14H22ClN3O/c1-11(2)19-13-9-16-8-12(17-13)18-14(10-15)6-4-3-5-7-14/h8-9,11H,3-7,10H2,1-2H3,(H,17,18). The first-order valence-electron chi connectivity index (χ1n) is 6.96. The van der Waals surface area contributed by atoms with E-state index in [0.29, 0.717) is 11.8 Å². The molecule has 1 aliphatic carbocycles. The first kappa shape index (κ1) is 14.4. The summed E-state index contributed by atoms with van der Waals surface area (Å²) in [7, 11) is 0. The minimum Gasteiger partial charge on any atom is -0.474 e. The summed E-state index contributed by atoms with van der Waals surface area (Å²) in [5.41, 5.74) is -0.0368. The van der Waals surface area contributed by atoms with Crippen molar-refractivity contribution in [2.45, 2.75) is 57.6 Å². The van der Waals surface area contributed by atoms with Crippen molar-refractivity contribution in [2.75, 3.05) is 11.2 Å². The Bertz CT molecular complexity index is 405. The van der Waals surface area contributed by atoms with Gasteiger partial charge in [-0.3, -0.25) is 4.98 Å². The second-order valence-electron chi connectivity index (χ2n) is 5.51. The number of hydrogen-bond acceptors (Lipinski definition) is 4. The summed E-state index contributed by atoms with van der Waals surface area (Å²) in [6, 6.07) is 0. The number of nitrogens with zero attached hydrogens (tertiary/aromatic N) is 2. The lowest BCUT2D eigenvalue weighted by Crippen LogP contribution is -2.42. The van der Waals surface area contributed by atoms with Gasteiger partial charge in [0, 0.05) is 5.88 Å². The summed E-state index contributed by atoms with van der Waals surface area (Å²) in [5, 5.41) is 3.47. The Morgan fingerprint density at radius 1 is 1.32 bits per heavy atom. The van der Waals surface area contributed by atoms with Crippen LogP contribution in [-0.2, 0) is 0 Å². The zero-order chi connectivity index (χ0) is 13.7. The number of nitrogens with one attached hydrogen (secondary N) is 1. The van der Waals surface area contributed by atoms with Crippen LogP contribution in [0.5, 0.6) is 5.88 Å². The summed E-state index contributed by atoms with van der Waals surface area (Å²) < 4.78 is 5.56. The average Bonchev–Trinajstić information content (AvgIpc) is 2.39. The Balaban J connectivity index is 2.08. The molecular formula is C14H22ClN3O. The number of aromatic nitrogens is 2. The normalized spacial score (nSPS) is 18.3. The lowest BCUT2D eigenvalue weighted by Gasteiger charge is -2.36. The van der Waals surface area contributed by atoms with E-state index >= 15 is 0 Å². The zero-order valence-corrected chi connectivity index (χ0v) is 12.4. The second kappa shape index (κ2) is 6.42. The van der Waals surface area contributed by atoms with Gasteiger partial charge in [-0.2, -0.15) is 4.98 Å². The van der Waals surface area contributed by atoms with Gasteiger partial charge in [0.15, 0.2) is 0 Å². The molecule has 1 fully saturated rings. The van der Waals surface area contributed by atoms with Crippen molar-refractivity contribution >= 4 is 17.4 Å². The van der Waals surface area contributed by atoms with Crippen molar-refractivity contribution in [2.24, 2.45) is 0 Å². The van der Waals surface area contributed by atoms with E-state index in [1.54, 1.807) is 12.4 Å². The molecule has 106 valence electrons. The fraction of sp³-hybridized carbons (Fsp3) is 0.714. The molecule has 1 N–H and O–H groups in total. The van der Waals surface area contributed by atoms with Gasteiger partial charge in [-0.25, -0.2) is 0 Å². The maximum absolute atomic E-state index is 6.17. The van der Waals surface area contributed by atoms with Crippen molar-refractivity contribution < 1.29 is 4.74 Å². The molecule has 19 heavy (non-hydrogen) atoms. The molecule has 1 aromatic heterocycles. The maximum Gasteiger partial charge on any atom is 0.234 e. The molecule has 2 rings (SSSR count). The fourth-order valence-electron chi connectivity index (χ4n) is 2.50. The topological polar surface area (TPSA) is 47.0 Å². The van der Waals surface area contributed by atoms with E-state index in [4.69, 9.17) is 16.3 Å². The Labute approximate surface area is 119 Å². The molecule has 0 bridgehead atoms. The molecule has 1 aromatic rings. The van der Waals surface area contributed by atoms with Crippen LogP contribution in [0.15, 0.2) is 12.4 Å². The SMILES string of the molecule is CC(C)Oc1cncc(NC2(CCl)CCCCC2)n1. The van der Waals surface area contributed by atoms with Gasteiger partial charge in [0.2, 0.25) is 5.88 Å². The van der Waals surface area contributed by atoms with Gasteiger partial charge in [0.25, 0.3) is 0 Å². The van der Waals surface area contributed by atoms with E-state index in [9.17, 15) is 0 Å². The van der Waals surface area contributed by atoms with Crippen LogP contribution in [0.2, 0.25) is 0 Å². The van der Waals surface area contributed by atoms with Gasteiger partial charge in [0.1, 0.15) is 5.82 Å². The van der Waals surface area contributed by atoms with Crippen LogP contribution in [-0.4, -0.2) is 27.5 Å². The van der Waals surface area contributed by atoms with Crippen LogP contribution in [0.4, 0.5) is 5.82 Å². The van der Waals surface area contributed by atoms with E-state index in [-0.39, 0.29) is 11.6 Å². The van der Waals surface area contributed by atoms with Crippen LogP contribution in [0.1, 0.15) is 46.0 Å². The molecule has 0 aromatic carbocycles. The van der Waals surface area contributed by atoms with Crippen molar-refractivity contribution in [1.29, 1.82) is 0 Å². The molecule has 0 unspecified atom stereocenters. The van der Waals surface area contributed by atoms with Crippen LogP contribution >= 0.6 is 11.6 Å². The third kappa shape index (κ3) is 3.96. The largest absolute Gasteiger partial charge is 0.474 e. The Kier molecular flexibility index (Phi) is 4.86. The summed E-state index contributed by atoms with van der Waals surface area (Å²) in [4.78, 5) is 8.62. The molecule has 0 aliphatic heterocycles. The molecule has 0 amide bonds. The third-order valence-electron chi connectivity index (χ3n) is 3.43. The van der Waals surface area contributed by atoms with E-state index in [1.807, 2.05) is 13.8 Å². The minimum absolute atomic E-state index is 0.0368. The fourth-order valence-corrected chi connectivity index (χ4v) is 2.83. The molecule has 1 heterocycles. The molecule has 0 atom stereocenters. The molecule has 0 spiro atoms. The third-order valence-corrected chi connectivity index (χ3v) is 3.94. The van der Waals surface area contributed by atoms with Gasteiger partial charge >= 0.3 is 0 Å². The first-order valence-corrected chi connectivity index (χ1v) is 7.50. The van der Waals surface area contributed by atoms with E-state index < -0.39 is 0 Å². The number of hydrogen-bond donors (Lipinski definition) is 1. The van der Waals surface area contributed by atoms with Crippen molar-refractivity contribution in [3.63, 3.8) is 0 Å². The number of halogens is 1. The highest BCUT2D eigenvalue weighted by atomic mass is 35.5. The van der Waals surface area contributed by atoms with Crippen molar-refractivity contribution in [3.05, 3.63) is 12.4 Å². The number of anilines is 1. The summed E-state index contributed by atoms with van der Waals surface area (Å²) in [6.07, 6.45) is 9.38. The number of rotatable bonds is 5. The van der Waals surface area contributed by atoms with Gasteiger partial charge < -0.3 is 10.1 Å². The molecule has 1 saturated carbocycles. The summed E-state index contributed by atoms with van der Waals surface area (Å²) >= 11 is 6.17. The number of alkyl halides is 1. The van der Waals surface area contributed by atoms with Gasteiger partial charge in [-0.15, -0.1) is 11.6 Å². The van der Waals surface area contributed by atoms with E-state index in [1.165, 1.54) is 19.3 Å². The van der Waals surface area contributed by atoms with Gasteiger partial charge in [-0.1, -0.05) is 19.3 Å². The zero-order valence-electron chi connectivity index (χ0n) is 11.7. The lowest BCUT2D eigenvalue weighted by molar-refractivity contribution is 0.231. The van der Waals surface area contributed by atoms with Crippen molar-refractivity contribution in [3.8, 4) is 5.88 Å². The molecule has 0 radical (unpaired) electrons. The van der Waals surface area contributed by atoms with Gasteiger partial charge in [0.05, 0.1) is 24.0 Å².